The number of nitrogens with zero attached hydrogens (tertiary/aromatic N) is 1. The molecule has 1 aromatic heterocycles. The molecule has 6 heteroatoms. The molecule has 0 bridgehead atoms. The van der Waals surface area contributed by atoms with Crippen LogP contribution in [0.4, 0.5) is 10.1 Å². The molecule has 27 heavy (non-hydrogen) atoms. The third-order valence-corrected chi connectivity index (χ3v) is 4.01. The summed E-state index contributed by atoms with van der Waals surface area (Å²) in [7, 11) is 0. The minimum absolute atomic E-state index is 0.134. The maximum absolute atomic E-state index is 12.9. The van der Waals surface area contributed by atoms with Gasteiger partial charge in [-0.1, -0.05) is 30.3 Å². The van der Waals surface area contributed by atoms with Crippen molar-refractivity contribution in [3.05, 3.63) is 95.1 Å². The number of nitrogens with one attached hydrogen (secondary N) is 2. The van der Waals surface area contributed by atoms with Crippen LogP contribution in [0.2, 0.25) is 0 Å². The summed E-state index contributed by atoms with van der Waals surface area (Å²) < 4.78 is 12.9. The van der Waals surface area contributed by atoms with Gasteiger partial charge in [0, 0.05) is 24.0 Å². The van der Waals surface area contributed by atoms with Crippen molar-refractivity contribution in [2.75, 3.05) is 5.32 Å². The molecule has 0 unspecified atom stereocenters. The van der Waals surface area contributed by atoms with Gasteiger partial charge in [0.05, 0.1) is 0 Å². The minimum Gasteiger partial charge on any atom is -0.347 e. The van der Waals surface area contributed by atoms with E-state index in [1.807, 2.05) is 31.2 Å². The van der Waals surface area contributed by atoms with Gasteiger partial charge in [0.25, 0.3) is 11.8 Å². The van der Waals surface area contributed by atoms with Crippen molar-refractivity contribution in [3.63, 3.8) is 0 Å². The number of carbonyl (C=O) groups is 2. The summed E-state index contributed by atoms with van der Waals surface area (Å²) in [5, 5.41) is 5.53. The quantitative estimate of drug-likeness (QED) is 0.726. The lowest BCUT2D eigenvalue weighted by Gasteiger charge is -2.09. The van der Waals surface area contributed by atoms with Crippen LogP contribution in [0.1, 0.15) is 32.0 Å². The van der Waals surface area contributed by atoms with Crippen molar-refractivity contribution >= 4 is 17.5 Å². The SMILES string of the molecule is Cc1ccccc1NC(=O)c1ccnc(C(=O)NCc2ccc(F)cc2)c1. The van der Waals surface area contributed by atoms with Crippen molar-refractivity contribution in [1.82, 2.24) is 10.3 Å². The van der Waals surface area contributed by atoms with Crippen LogP contribution in [-0.2, 0) is 6.54 Å². The number of hydrogen-bond acceptors (Lipinski definition) is 3. The lowest BCUT2D eigenvalue weighted by molar-refractivity contribution is 0.0946. The predicted molar refractivity (Wildman–Crippen MR) is 101 cm³/mol. The number of hydrogen-bond donors (Lipinski definition) is 2. The highest BCUT2D eigenvalue weighted by atomic mass is 19.1. The third-order valence-electron chi connectivity index (χ3n) is 4.01. The summed E-state index contributed by atoms with van der Waals surface area (Å²) >= 11 is 0. The van der Waals surface area contributed by atoms with Crippen molar-refractivity contribution < 1.29 is 14.0 Å². The zero-order valence-corrected chi connectivity index (χ0v) is 14.7. The van der Waals surface area contributed by atoms with Gasteiger partial charge in [-0.3, -0.25) is 14.6 Å². The molecule has 3 rings (SSSR count). The number of rotatable bonds is 5. The van der Waals surface area contributed by atoms with Gasteiger partial charge in [0.2, 0.25) is 0 Å². The van der Waals surface area contributed by atoms with E-state index in [-0.39, 0.29) is 24.0 Å². The van der Waals surface area contributed by atoms with Gasteiger partial charge >= 0.3 is 0 Å². The summed E-state index contributed by atoms with van der Waals surface area (Å²) in [6.07, 6.45) is 1.42. The number of benzene rings is 2. The Morgan fingerprint density at radius 2 is 1.74 bits per heavy atom. The monoisotopic (exact) mass is 363 g/mol. The summed E-state index contributed by atoms with van der Waals surface area (Å²) in [5.74, 6) is -1.07. The van der Waals surface area contributed by atoms with Crippen molar-refractivity contribution in [2.24, 2.45) is 0 Å². The lowest BCUT2D eigenvalue weighted by Crippen LogP contribution is -2.24. The zero-order chi connectivity index (χ0) is 19.2. The maximum Gasteiger partial charge on any atom is 0.270 e. The van der Waals surface area contributed by atoms with Crippen molar-refractivity contribution in [2.45, 2.75) is 13.5 Å². The first-order valence-electron chi connectivity index (χ1n) is 8.38. The van der Waals surface area contributed by atoms with E-state index in [2.05, 4.69) is 15.6 Å². The van der Waals surface area contributed by atoms with Crippen LogP contribution in [0.3, 0.4) is 0 Å². The molecule has 136 valence electrons. The second kappa shape index (κ2) is 8.23. The van der Waals surface area contributed by atoms with E-state index in [0.717, 1.165) is 11.1 Å². The van der Waals surface area contributed by atoms with Gasteiger partial charge in [-0.05, 0) is 48.4 Å². The summed E-state index contributed by atoms with van der Waals surface area (Å²) in [4.78, 5) is 28.8. The molecule has 2 N–H and O–H groups in total. The fourth-order valence-electron chi connectivity index (χ4n) is 2.48. The number of para-hydroxylation sites is 1. The first kappa shape index (κ1) is 18.3. The average molecular weight is 363 g/mol. The van der Waals surface area contributed by atoms with E-state index < -0.39 is 5.91 Å². The van der Waals surface area contributed by atoms with Crippen LogP contribution in [0, 0.1) is 12.7 Å². The molecule has 0 spiro atoms. The van der Waals surface area contributed by atoms with Crippen molar-refractivity contribution in [3.8, 4) is 0 Å². The van der Waals surface area contributed by atoms with E-state index in [4.69, 9.17) is 0 Å². The molecule has 0 saturated heterocycles. The second-order valence-corrected chi connectivity index (χ2v) is 6.01. The first-order chi connectivity index (χ1) is 13.0. The molecular formula is C21H18FN3O2. The number of pyridine rings is 1. The minimum atomic E-state index is -0.412. The molecule has 0 aliphatic rings. The van der Waals surface area contributed by atoms with Crippen LogP contribution in [0.5, 0.6) is 0 Å². The Labute approximate surface area is 156 Å². The number of carbonyl (C=O) groups excluding carboxylic acids is 2. The molecule has 2 aromatic carbocycles. The molecule has 5 nitrogen and oxygen atoms in total. The van der Waals surface area contributed by atoms with E-state index in [1.54, 1.807) is 18.2 Å². The van der Waals surface area contributed by atoms with Crippen LogP contribution in [0.25, 0.3) is 0 Å². The van der Waals surface area contributed by atoms with Gasteiger partial charge in [0.15, 0.2) is 0 Å². The highest BCUT2D eigenvalue weighted by molar-refractivity contribution is 6.06. The van der Waals surface area contributed by atoms with Crippen LogP contribution >= 0.6 is 0 Å². The van der Waals surface area contributed by atoms with Crippen LogP contribution in [-0.4, -0.2) is 16.8 Å². The number of halogens is 1. The Morgan fingerprint density at radius 3 is 2.48 bits per heavy atom. The van der Waals surface area contributed by atoms with Gasteiger partial charge < -0.3 is 10.6 Å². The Balaban J connectivity index is 1.67. The molecule has 1 heterocycles. The van der Waals surface area contributed by atoms with Gasteiger partial charge in [-0.15, -0.1) is 0 Å². The molecule has 3 aromatic rings. The molecule has 0 atom stereocenters. The third kappa shape index (κ3) is 4.76. The number of aryl methyl sites for hydroxylation is 1. The molecular weight excluding hydrogens is 345 g/mol. The Hall–Kier alpha value is -3.54. The summed E-state index contributed by atoms with van der Waals surface area (Å²) in [6, 6.07) is 16.3. The number of amides is 2. The second-order valence-electron chi connectivity index (χ2n) is 6.01. The Kier molecular flexibility index (Phi) is 5.56. The topological polar surface area (TPSA) is 71.1 Å². The van der Waals surface area contributed by atoms with Gasteiger partial charge in [-0.25, -0.2) is 4.39 Å². The molecule has 0 radical (unpaired) electrons. The molecule has 0 saturated carbocycles. The van der Waals surface area contributed by atoms with E-state index in [9.17, 15) is 14.0 Å². The number of aromatic nitrogens is 1. The van der Waals surface area contributed by atoms with Crippen LogP contribution < -0.4 is 10.6 Å². The summed E-state index contributed by atoms with van der Waals surface area (Å²) in [6.45, 7) is 2.14. The fourth-order valence-corrected chi connectivity index (χ4v) is 2.48. The molecule has 2 amide bonds. The average Bonchev–Trinajstić information content (AvgIpc) is 2.69. The van der Waals surface area contributed by atoms with Gasteiger partial charge in [-0.2, -0.15) is 0 Å². The zero-order valence-electron chi connectivity index (χ0n) is 14.7. The largest absolute Gasteiger partial charge is 0.347 e. The molecule has 0 fully saturated rings. The molecule has 0 aliphatic carbocycles. The van der Waals surface area contributed by atoms with Crippen molar-refractivity contribution in [1.29, 1.82) is 0 Å². The smallest absolute Gasteiger partial charge is 0.270 e. The van der Waals surface area contributed by atoms with E-state index in [0.29, 0.717) is 11.3 Å². The highest BCUT2D eigenvalue weighted by Crippen LogP contribution is 2.15. The fraction of sp³-hybridized carbons (Fsp3) is 0.0952. The Bertz CT molecular complexity index is 971. The Morgan fingerprint density at radius 1 is 1.00 bits per heavy atom. The highest BCUT2D eigenvalue weighted by Gasteiger charge is 2.12. The van der Waals surface area contributed by atoms with E-state index in [1.165, 1.54) is 24.4 Å². The van der Waals surface area contributed by atoms with Gasteiger partial charge in [0.1, 0.15) is 11.5 Å². The molecule has 0 aliphatic heterocycles. The van der Waals surface area contributed by atoms with E-state index >= 15 is 0 Å². The van der Waals surface area contributed by atoms with Crippen LogP contribution in [0.15, 0.2) is 66.9 Å². The normalized spacial score (nSPS) is 10.3. The number of anilines is 1. The summed E-state index contributed by atoms with van der Waals surface area (Å²) in [5.41, 5.74) is 2.88. The standard InChI is InChI=1S/C21H18FN3O2/c1-14-4-2-3-5-18(14)25-20(26)16-10-11-23-19(12-16)21(27)24-13-15-6-8-17(22)9-7-15/h2-12H,13H2,1H3,(H,24,27)(H,25,26). The predicted octanol–water partition coefficient (Wildman–Crippen LogP) is 3.71. The maximum atomic E-state index is 12.9. The lowest BCUT2D eigenvalue weighted by atomic mass is 10.1. The first-order valence-corrected chi connectivity index (χ1v) is 8.38.